The van der Waals surface area contributed by atoms with Crippen LogP contribution in [0.25, 0.3) is 0 Å². The van der Waals surface area contributed by atoms with E-state index in [1.807, 2.05) is 37.3 Å². The molecule has 4 aliphatic carbocycles. The Kier molecular flexibility index (Phi) is 7.63. The highest BCUT2D eigenvalue weighted by atomic mass is 16.4. The molecular formula is C38H43NO4. The molecule has 0 saturated heterocycles. The van der Waals surface area contributed by atoms with Crippen molar-refractivity contribution >= 4 is 17.4 Å². The van der Waals surface area contributed by atoms with E-state index in [4.69, 9.17) is 0 Å². The Labute approximate surface area is 255 Å². The van der Waals surface area contributed by atoms with Crippen LogP contribution < -0.4 is 4.90 Å². The van der Waals surface area contributed by atoms with E-state index in [2.05, 4.69) is 55.0 Å². The molecule has 0 spiro atoms. The summed E-state index contributed by atoms with van der Waals surface area (Å²) in [6, 6.07) is 16.7. The monoisotopic (exact) mass is 577 g/mol. The molecular weight excluding hydrogens is 534 g/mol. The zero-order valence-electron chi connectivity index (χ0n) is 25.8. The number of rotatable bonds is 6. The fourth-order valence-electron chi connectivity index (χ4n) is 8.76. The van der Waals surface area contributed by atoms with Gasteiger partial charge in [0.1, 0.15) is 5.60 Å². The van der Waals surface area contributed by atoms with E-state index < -0.39 is 17.5 Å². The second-order valence-corrected chi connectivity index (χ2v) is 13.5. The molecule has 0 amide bonds. The summed E-state index contributed by atoms with van der Waals surface area (Å²) >= 11 is 0. The lowest BCUT2D eigenvalue weighted by atomic mass is 9.51. The van der Waals surface area contributed by atoms with Crippen molar-refractivity contribution in [1.29, 1.82) is 0 Å². The number of carbonyl (C=O) groups is 2. The molecule has 2 aromatic carbocycles. The molecule has 0 heterocycles. The third-order valence-corrected chi connectivity index (χ3v) is 11.2. The van der Waals surface area contributed by atoms with E-state index in [1.165, 1.54) is 22.3 Å². The largest absolute Gasteiger partial charge is 0.481 e. The third kappa shape index (κ3) is 5.04. The normalized spacial score (nSPS) is 30.3. The molecule has 0 aliphatic heterocycles. The minimum Gasteiger partial charge on any atom is -0.481 e. The third-order valence-electron chi connectivity index (χ3n) is 11.2. The average molecular weight is 578 g/mol. The van der Waals surface area contributed by atoms with Crippen LogP contribution in [0.5, 0.6) is 0 Å². The van der Waals surface area contributed by atoms with Crippen molar-refractivity contribution in [3.63, 3.8) is 0 Å². The van der Waals surface area contributed by atoms with E-state index in [1.54, 1.807) is 6.92 Å². The van der Waals surface area contributed by atoms with Crippen molar-refractivity contribution in [2.75, 3.05) is 11.9 Å². The van der Waals surface area contributed by atoms with Gasteiger partial charge in [-0.25, -0.2) is 0 Å². The number of carboxylic acids is 1. The molecule has 2 fully saturated rings. The van der Waals surface area contributed by atoms with Crippen molar-refractivity contribution in [1.82, 2.24) is 0 Å². The first-order chi connectivity index (χ1) is 20.5. The first kappa shape index (κ1) is 29.5. The molecule has 2 saturated carbocycles. The van der Waals surface area contributed by atoms with Gasteiger partial charge in [-0.3, -0.25) is 9.59 Å². The topological polar surface area (TPSA) is 77.8 Å². The molecule has 4 aliphatic rings. The smallest absolute Gasteiger partial charge is 0.310 e. The number of allylic oxidation sites excluding steroid dienone is 4. The van der Waals surface area contributed by atoms with Gasteiger partial charge in [-0.15, -0.1) is 5.92 Å². The first-order valence-corrected chi connectivity index (χ1v) is 15.8. The van der Waals surface area contributed by atoms with Crippen LogP contribution in [0, 0.1) is 29.1 Å². The second-order valence-electron chi connectivity index (χ2n) is 13.5. The highest BCUT2D eigenvalue weighted by Gasteiger charge is 2.62. The highest BCUT2D eigenvalue weighted by Crippen LogP contribution is 2.66. The SMILES string of the molecule is CC#C[C@]1(O)CC[C@H]2[C@@H]3CCC4=CC(=O)CCC4=C3[C@@H](c3ccc(N(C)Cc4ccc(C(C)C(=O)O)cc4)cc3)C[C@@]21C. The lowest BCUT2D eigenvalue weighted by molar-refractivity contribution is -0.138. The van der Waals surface area contributed by atoms with E-state index in [0.717, 1.165) is 55.3 Å². The molecule has 6 atom stereocenters. The summed E-state index contributed by atoms with van der Waals surface area (Å²) in [5, 5.41) is 21.2. The van der Waals surface area contributed by atoms with Crippen LogP contribution in [0.2, 0.25) is 0 Å². The molecule has 0 aromatic heterocycles. The minimum atomic E-state index is -0.975. The lowest BCUT2D eigenvalue weighted by Crippen LogP contribution is -2.51. The number of fused-ring (bicyclic) bond motifs is 4. The Morgan fingerprint density at radius 1 is 1.07 bits per heavy atom. The number of hydrogen-bond donors (Lipinski definition) is 2. The van der Waals surface area contributed by atoms with Gasteiger partial charge < -0.3 is 15.1 Å². The molecule has 2 N–H and O–H groups in total. The summed E-state index contributed by atoms with van der Waals surface area (Å²) in [7, 11) is 2.08. The zero-order valence-corrected chi connectivity index (χ0v) is 25.8. The van der Waals surface area contributed by atoms with Gasteiger partial charge in [0.15, 0.2) is 5.78 Å². The standard InChI is InChI=1S/C38H43NO4/c1-5-19-38(43)20-18-34-32-16-12-28-21-30(40)15-17-31(28)35(32)33(22-37(34,38)3)27-10-13-29(14-11-27)39(4)23-25-6-8-26(9-7-25)24(2)36(41)42/h6-11,13-14,21,24,32-34,43H,12,15-18,20,22-23H2,1-4H3,(H,41,42)/t24?,32-,33+,34-,37-,38-/m0/s1. The quantitative estimate of drug-likeness (QED) is 0.356. The summed E-state index contributed by atoms with van der Waals surface area (Å²) in [6.45, 7) is 6.54. The summed E-state index contributed by atoms with van der Waals surface area (Å²) < 4.78 is 0. The number of benzene rings is 2. The summed E-state index contributed by atoms with van der Waals surface area (Å²) in [5.41, 5.74) is 7.24. The summed E-state index contributed by atoms with van der Waals surface area (Å²) in [6.07, 6.45) is 7.90. The maximum Gasteiger partial charge on any atom is 0.310 e. The van der Waals surface area contributed by atoms with Crippen molar-refractivity contribution in [3.05, 3.63) is 88.0 Å². The van der Waals surface area contributed by atoms with Crippen molar-refractivity contribution < 1.29 is 19.8 Å². The minimum absolute atomic E-state index is 0.185. The van der Waals surface area contributed by atoms with Crippen molar-refractivity contribution in [2.45, 2.75) is 89.7 Å². The number of aliphatic hydroxyl groups is 1. The summed E-state index contributed by atoms with van der Waals surface area (Å²) in [4.78, 5) is 25.9. The van der Waals surface area contributed by atoms with Crippen LogP contribution >= 0.6 is 0 Å². The van der Waals surface area contributed by atoms with E-state index in [9.17, 15) is 19.8 Å². The maximum atomic E-state index is 12.4. The zero-order chi connectivity index (χ0) is 30.5. The van der Waals surface area contributed by atoms with Gasteiger partial charge in [-0.1, -0.05) is 54.8 Å². The highest BCUT2D eigenvalue weighted by molar-refractivity contribution is 5.93. The van der Waals surface area contributed by atoms with Gasteiger partial charge in [-0.05, 0) is 110 Å². The molecule has 1 unspecified atom stereocenters. The second kappa shape index (κ2) is 11.1. The molecule has 0 bridgehead atoms. The Hall–Kier alpha value is -3.62. The number of carbonyl (C=O) groups excluding carboxylic acids is 1. The lowest BCUT2D eigenvalue weighted by Gasteiger charge is -2.53. The van der Waals surface area contributed by atoms with Crippen molar-refractivity contribution in [3.8, 4) is 11.8 Å². The molecule has 0 radical (unpaired) electrons. The Balaban J connectivity index is 1.31. The van der Waals surface area contributed by atoms with Gasteiger partial charge in [0, 0.05) is 37.0 Å². The predicted octanol–water partition coefficient (Wildman–Crippen LogP) is 7.17. The average Bonchev–Trinajstić information content (AvgIpc) is 3.26. The van der Waals surface area contributed by atoms with Gasteiger partial charge in [0.25, 0.3) is 0 Å². The van der Waals surface area contributed by atoms with Crippen LogP contribution in [0.1, 0.15) is 94.2 Å². The van der Waals surface area contributed by atoms with Crippen LogP contribution in [0.15, 0.2) is 71.3 Å². The van der Waals surface area contributed by atoms with E-state index in [0.29, 0.717) is 24.8 Å². The van der Waals surface area contributed by atoms with Gasteiger partial charge in [-0.2, -0.15) is 0 Å². The number of nitrogens with zero attached hydrogens (tertiary/aromatic N) is 1. The Bertz CT molecular complexity index is 1560. The fourth-order valence-corrected chi connectivity index (χ4v) is 8.76. The van der Waals surface area contributed by atoms with Crippen LogP contribution in [-0.4, -0.2) is 34.6 Å². The Morgan fingerprint density at radius 3 is 2.47 bits per heavy atom. The molecule has 5 heteroatoms. The number of ketones is 1. The number of aliphatic carboxylic acids is 1. The van der Waals surface area contributed by atoms with Gasteiger partial charge in [0.2, 0.25) is 0 Å². The van der Waals surface area contributed by atoms with E-state index in [-0.39, 0.29) is 17.1 Å². The molecule has 2 aromatic rings. The Morgan fingerprint density at radius 2 is 1.79 bits per heavy atom. The predicted molar refractivity (Wildman–Crippen MR) is 170 cm³/mol. The summed E-state index contributed by atoms with van der Waals surface area (Å²) in [5.74, 6) is 6.20. The van der Waals surface area contributed by atoms with Gasteiger partial charge >= 0.3 is 5.97 Å². The number of hydrogen-bond acceptors (Lipinski definition) is 4. The molecule has 5 nitrogen and oxygen atoms in total. The fraction of sp³-hybridized carbons (Fsp3) is 0.474. The molecule has 224 valence electrons. The van der Waals surface area contributed by atoms with Crippen molar-refractivity contribution in [2.24, 2.45) is 17.3 Å². The molecule has 43 heavy (non-hydrogen) atoms. The number of carboxylic acid groups (broad SMARTS) is 1. The van der Waals surface area contributed by atoms with E-state index >= 15 is 0 Å². The van der Waals surface area contributed by atoms with Gasteiger partial charge in [0.05, 0.1) is 5.92 Å². The van der Waals surface area contributed by atoms with Crippen LogP contribution in [-0.2, 0) is 16.1 Å². The maximum absolute atomic E-state index is 12.4. The number of anilines is 1. The molecule has 6 rings (SSSR count). The first-order valence-electron chi connectivity index (χ1n) is 15.8. The van der Waals surface area contributed by atoms with Crippen LogP contribution in [0.3, 0.4) is 0 Å². The van der Waals surface area contributed by atoms with Crippen LogP contribution in [0.4, 0.5) is 5.69 Å².